The van der Waals surface area contributed by atoms with Crippen molar-refractivity contribution in [1.29, 1.82) is 0 Å². The number of hydrogen-bond donors (Lipinski definition) is 0. The van der Waals surface area contributed by atoms with Crippen LogP contribution in [0.3, 0.4) is 0 Å². The monoisotopic (exact) mass is 364 g/mol. The van der Waals surface area contributed by atoms with E-state index in [0.29, 0.717) is 49.4 Å². The van der Waals surface area contributed by atoms with Crippen molar-refractivity contribution in [3.63, 3.8) is 0 Å². The molecule has 0 aliphatic carbocycles. The van der Waals surface area contributed by atoms with E-state index < -0.39 is 5.97 Å². The Bertz CT molecular complexity index is 699. The van der Waals surface area contributed by atoms with E-state index in [0.717, 1.165) is 5.69 Å². The molecule has 0 spiro atoms. The second-order valence-electron chi connectivity index (χ2n) is 6.53. The highest BCUT2D eigenvalue weighted by molar-refractivity contribution is 6.01. The molecule has 0 radical (unpaired) electrons. The van der Waals surface area contributed by atoms with Gasteiger partial charge in [-0.3, -0.25) is 9.59 Å². The molecule has 26 heavy (non-hydrogen) atoms. The fourth-order valence-electron chi connectivity index (χ4n) is 3.52. The van der Waals surface area contributed by atoms with Gasteiger partial charge in [0.25, 0.3) is 5.91 Å². The standard InChI is InChI=1S/C19H28N2O5/c1-6-25-18(23)14-8-10-21(11-9-14)17(22)15-12(3)16(19(24)26-7-2)20(5)13(15)4/h14H,6-11H2,1-5H3. The van der Waals surface area contributed by atoms with E-state index in [1.165, 1.54) is 0 Å². The van der Waals surface area contributed by atoms with Crippen LogP contribution in [-0.4, -0.2) is 53.6 Å². The first-order valence-electron chi connectivity index (χ1n) is 9.12. The third-order valence-corrected chi connectivity index (χ3v) is 5.02. The first-order valence-corrected chi connectivity index (χ1v) is 9.12. The molecule has 0 saturated carbocycles. The number of rotatable bonds is 5. The van der Waals surface area contributed by atoms with Crippen LogP contribution >= 0.6 is 0 Å². The summed E-state index contributed by atoms with van der Waals surface area (Å²) < 4.78 is 11.9. The molecule has 0 aromatic carbocycles. The fourth-order valence-corrected chi connectivity index (χ4v) is 3.52. The van der Waals surface area contributed by atoms with Gasteiger partial charge >= 0.3 is 11.9 Å². The average molecular weight is 364 g/mol. The summed E-state index contributed by atoms with van der Waals surface area (Å²) in [5.41, 5.74) is 2.34. The summed E-state index contributed by atoms with van der Waals surface area (Å²) in [4.78, 5) is 38.9. The molecule has 1 fully saturated rings. The Labute approximate surface area is 154 Å². The molecule has 0 N–H and O–H groups in total. The van der Waals surface area contributed by atoms with Crippen molar-refractivity contribution >= 4 is 17.8 Å². The lowest BCUT2D eigenvalue weighted by Crippen LogP contribution is -2.41. The highest BCUT2D eigenvalue weighted by Crippen LogP contribution is 2.26. The van der Waals surface area contributed by atoms with Crippen molar-refractivity contribution in [3.8, 4) is 0 Å². The Morgan fingerprint density at radius 2 is 1.62 bits per heavy atom. The smallest absolute Gasteiger partial charge is 0.355 e. The molecule has 1 saturated heterocycles. The minimum absolute atomic E-state index is 0.103. The third-order valence-electron chi connectivity index (χ3n) is 5.02. The molecule has 1 amide bonds. The van der Waals surface area contributed by atoms with E-state index in [-0.39, 0.29) is 24.4 Å². The van der Waals surface area contributed by atoms with E-state index in [2.05, 4.69) is 0 Å². The number of aromatic nitrogens is 1. The molecule has 7 nitrogen and oxygen atoms in total. The van der Waals surface area contributed by atoms with Crippen LogP contribution < -0.4 is 0 Å². The van der Waals surface area contributed by atoms with Gasteiger partial charge < -0.3 is 18.9 Å². The lowest BCUT2D eigenvalue weighted by Gasteiger charge is -2.31. The molecule has 0 unspecified atom stereocenters. The van der Waals surface area contributed by atoms with Crippen molar-refractivity contribution in [1.82, 2.24) is 9.47 Å². The zero-order valence-corrected chi connectivity index (χ0v) is 16.3. The van der Waals surface area contributed by atoms with Gasteiger partial charge in [0.1, 0.15) is 5.69 Å². The molecule has 1 aliphatic rings. The minimum Gasteiger partial charge on any atom is -0.466 e. The predicted molar refractivity (Wildman–Crippen MR) is 96.1 cm³/mol. The van der Waals surface area contributed by atoms with Crippen LogP contribution in [0.25, 0.3) is 0 Å². The van der Waals surface area contributed by atoms with Gasteiger partial charge in [0.2, 0.25) is 0 Å². The molecule has 0 bridgehead atoms. The van der Waals surface area contributed by atoms with Crippen LogP contribution in [-0.2, 0) is 21.3 Å². The van der Waals surface area contributed by atoms with Crippen LogP contribution in [0.4, 0.5) is 0 Å². The van der Waals surface area contributed by atoms with Gasteiger partial charge in [0, 0.05) is 25.8 Å². The normalized spacial score (nSPS) is 15.0. The summed E-state index contributed by atoms with van der Waals surface area (Å²) in [6, 6.07) is 0. The Morgan fingerprint density at radius 1 is 1.04 bits per heavy atom. The number of nitrogens with zero attached hydrogens (tertiary/aromatic N) is 2. The molecule has 1 aromatic rings. The summed E-state index contributed by atoms with van der Waals surface area (Å²) in [6.45, 7) is 8.81. The van der Waals surface area contributed by atoms with Gasteiger partial charge in [-0.05, 0) is 46.1 Å². The first-order chi connectivity index (χ1) is 12.3. The highest BCUT2D eigenvalue weighted by atomic mass is 16.5. The van der Waals surface area contributed by atoms with Crippen LogP contribution in [0.1, 0.15) is 58.8 Å². The summed E-state index contributed by atoms with van der Waals surface area (Å²) >= 11 is 0. The SMILES string of the molecule is CCOC(=O)c1c(C)c(C(=O)N2CCC(C(=O)OCC)CC2)c(C)n1C. The van der Waals surface area contributed by atoms with E-state index in [1.807, 2.05) is 6.92 Å². The Balaban J connectivity index is 2.17. The number of hydrogen-bond acceptors (Lipinski definition) is 5. The maximum atomic E-state index is 13.0. The zero-order valence-electron chi connectivity index (χ0n) is 16.3. The van der Waals surface area contributed by atoms with E-state index >= 15 is 0 Å². The fraction of sp³-hybridized carbons (Fsp3) is 0.632. The van der Waals surface area contributed by atoms with Crippen LogP contribution in [0, 0.1) is 19.8 Å². The Morgan fingerprint density at radius 3 is 2.15 bits per heavy atom. The number of likely N-dealkylation sites (tertiary alicyclic amines) is 1. The molecule has 144 valence electrons. The summed E-state index contributed by atoms with van der Waals surface area (Å²) in [7, 11) is 1.76. The van der Waals surface area contributed by atoms with Gasteiger partial charge in [-0.25, -0.2) is 4.79 Å². The van der Waals surface area contributed by atoms with Gasteiger partial charge in [-0.2, -0.15) is 0 Å². The van der Waals surface area contributed by atoms with Crippen molar-refractivity contribution in [3.05, 3.63) is 22.5 Å². The summed E-state index contributed by atoms with van der Waals surface area (Å²) in [5.74, 6) is -0.854. The van der Waals surface area contributed by atoms with Crippen LogP contribution in [0.2, 0.25) is 0 Å². The molecule has 1 aromatic heterocycles. The number of piperidine rings is 1. The van der Waals surface area contributed by atoms with E-state index in [4.69, 9.17) is 9.47 Å². The van der Waals surface area contributed by atoms with Crippen molar-refractivity contribution < 1.29 is 23.9 Å². The topological polar surface area (TPSA) is 77.8 Å². The van der Waals surface area contributed by atoms with Gasteiger partial charge in [0.15, 0.2) is 0 Å². The van der Waals surface area contributed by atoms with Crippen LogP contribution in [0.5, 0.6) is 0 Å². The lowest BCUT2D eigenvalue weighted by molar-refractivity contribution is -0.149. The molecule has 7 heteroatoms. The highest BCUT2D eigenvalue weighted by Gasteiger charge is 2.32. The van der Waals surface area contributed by atoms with Gasteiger partial charge in [-0.1, -0.05) is 0 Å². The molecule has 1 aliphatic heterocycles. The van der Waals surface area contributed by atoms with Crippen molar-refractivity contribution in [2.24, 2.45) is 13.0 Å². The lowest BCUT2D eigenvalue weighted by atomic mass is 9.96. The number of carbonyl (C=O) groups excluding carboxylic acids is 3. The largest absolute Gasteiger partial charge is 0.466 e. The molecule has 2 heterocycles. The number of ether oxygens (including phenoxy) is 2. The molecule has 2 rings (SSSR count). The Kier molecular flexibility index (Phi) is 6.45. The van der Waals surface area contributed by atoms with E-state index in [9.17, 15) is 14.4 Å². The van der Waals surface area contributed by atoms with Gasteiger partial charge in [0.05, 0.1) is 24.7 Å². The maximum Gasteiger partial charge on any atom is 0.355 e. The van der Waals surface area contributed by atoms with E-state index in [1.54, 1.807) is 37.3 Å². The summed E-state index contributed by atoms with van der Waals surface area (Å²) in [5, 5.41) is 0. The van der Waals surface area contributed by atoms with Crippen molar-refractivity contribution in [2.45, 2.75) is 40.5 Å². The zero-order chi connectivity index (χ0) is 19.4. The molecule has 0 atom stereocenters. The van der Waals surface area contributed by atoms with Gasteiger partial charge in [-0.15, -0.1) is 0 Å². The number of amides is 1. The quantitative estimate of drug-likeness (QED) is 0.749. The van der Waals surface area contributed by atoms with Crippen LogP contribution in [0.15, 0.2) is 0 Å². The molecular formula is C19H28N2O5. The van der Waals surface area contributed by atoms with Crippen molar-refractivity contribution in [2.75, 3.05) is 26.3 Å². The minimum atomic E-state index is -0.421. The number of carbonyl (C=O) groups is 3. The number of esters is 2. The predicted octanol–water partition coefficient (Wildman–Crippen LogP) is 2.23. The maximum absolute atomic E-state index is 13.0. The second kappa shape index (κ2) is 8.38. The second-order valence-corrected chi connectivity index (χ2v) is 6.53. The first kappa shape index (κ1) is 20.0. The third kappa shape index (κ3) is 3.76. The Hall–Kier alpha value is -2.31. The average Bonchev–Trinajstić information content (AvgIpc) is 2.84. The molecular weight excluding hydrogens is 336 g/mol. The summed E-state index contributed by atoms with van der Waals surface area (Å²) in [6.07, 6.45) is 1.19.